The van der Waals surface area contributed by atoms with Crippen LogP contribution in [0, 0.1) is 11.8 Å². The van der Waals surface area contributed by atoms with Crippen LogP contribution < -0.4 is 0 Å². The van der Waals surface area contributed by atoms with E-state index in [9.17, 15) is 9.90 Å². The number of aliphatic hydroxyl groups excluding tert-OH is 1. The standard InChI is InChI=1S/C23H40O3/c1-4-5-11-17-22(24)18-13-10-8-6-7-9-12-15-20(2)21(3)16-14-19-23(25)26/h7-10,13,18,20-22,24H,4-6,11-12,14-17,19H2,1-3H3,(H,25,26)/b9-7-,10-8-,18-13+/t20?,21-,22?/m0/s1. The summed E-state index contributed by atoms with van der Waals surface area (Å²) in [6.45, 7) is 6.65. The van der Waals surface area contributed by atoms with Gasteiger partial charge in [0.25, 0.3) is 0 Å². The molecule has 0 amide bonds. The summed E-state index contributed by atoms with van der Waals surface area (Å²) in [6.07, 6.45) is 21.5. The quantitative estimate of drug-likeness (QED) is 0.192. The lowest BCUT2D eigenvalue weighted by Gasteiger charge is -2.18. The molecule has 0 spiro atoms. The summed E-state index contributed by atoms with van der Waals surface area (Å²) < 4.78 is 0. The van der Waals surface area contributed by atoms with Crippen molar-refractivity contribution in [2.75, 3.05) is 0 Å². The molecule has 3 heteroatoms. The van der Waals surface area contributed by atoms with Crippen LogP contribution in [0.1, 0.15) is 85.0 Å². The molecule has 0 aromatic rings. The van der Waals surface area contributed by atoms with E-state index in [-0.39, 0.29) is 12.5 Å². The first-order chi connectivity index (χ1) is 12.5. The van der Waals surface area contributed by atoms with Gasteiger partial charge in [-0.05, 0) is 50.4 Å². The predicted octanol–water partition coefficient (Wildman–Crippen LogP) is 6.29. The van der Waals surface area contributed by atoms with Crippen LogP contribution in [0.4, 0.5) is 0 Å². The summed E-state index contributed by atoms with van der Waals surface area (Å²) in [5.74, 6) is 0.513. The summed E-state index contributed by atoms with van der Waals surface area (Å²) in [7, 11) is 0. The summed E-state index contributed by atoms with van der Waals surface area (Å²) >= 11 is 0. The highest BCUT2D eigenvalue weighted by Crippen LogP contribution is 2.22. The van der Waals surface area contributed by atoms with Crippen molar-refractivity contribution in [3.63, 3.8) is 0 Å². The molecular weight excluding hydrogens is 324 g/mol. The van der Waals surface area contributed by atoms with Gasteiger partial charge < -0.3 is 10.2 Å². The topological polar surface area (TPSA) is 57.5 Å². The molecule has 0 saturated heterocycles. The van der Waals surface area contributed by atoms with E-state index in [0.29, 0.717) is 11.8 Å². The van der Waals surface area contributed by atoms with E-state index < -0.39 is 5.97 Å². The van der Waals surface area contributed by atoms with Crippen molar-refractivity contribution >= 4 is 5.97 Å². The molecule has 3 nitrogen and oxygen atoms in total. The smallest absolute Gasteiger partial charge is 0.303 e. The molecule has 3 atom stereocenters. The number of carbonyl (C=O) groups is 1. The number of aliphatic carboxylic acids is 1. The van der Waals surface area contributed by atoms with E-state index in [4.69, 9.17) is 5.11 Å². The molecule has 0 saturated carbocycles. The minimum Gasteiger partial charge on any atom is -0.481 e. The molecule has 2 unspecified atom stereocenters. The zero-order chi connectivity index (χ0) is 19.6. The first-order valence-electron chi connectivity index (χ1n) is 10.4. The number of hydrogen-bond donors (Lipinski definition) is 2. The highest BCUT2D eigenvalue weighted by molar-refractivity contribution is 5.66. The summed E-state index contributed by atoms with van der Waals surface area (Å²) in [5.41, 5.74) is 0. The number of carboxylic acids is 1. The third-order valence-electron chi connectivity index (χ3n) is 4.93. The van der Waals surface area contributed by atoms with Gasteiger partial charge in [0, 0.05) is 6.42 Å². The second kappa shape index (κ2) is 17.1. The van der Waals surface area contributed by atoms with Crippen LogP contribution in [0.3, 0.4) is 0 Å². The fraction of sp³-hybridized carbons (Fsp3) is 0.696. The molecule has 150 valence electrons. The third-order valence-corrected chi connectivity index (χ3v) is 4.93. The minimum absolute atomic E-state index is 0.285. The number of rotatable bonds is 16. The van der Waals surface area contributed by atoms with E-state index in [1.165, 1.54) is 12.8 Å². The fourth-order valence-electron chi connectivity index (χ4n) is 2.85. The number of unbranched alkanes of at least 4 members (excludes halogenated alkanes) is 2. The molecule has 0 aliphatic heterocycles. The van der Waals surface area contributed by atoms with E-state index in [1.54, 1.807) is 0 Å². The predicted molar refractivity (Wildman–Crippen MR) is 111 cm³/mol. The summed E-state index contributed by atoms with van der Waals surface area (Å²) in [4.78, 5) is 10.5. The highest BCUT2D eigenvalue weighted by atomic mass is 16.4. The van der Waals surface area contributed by atoms with Gasteiger partial charge in [0.2, 0.25) is 0 Å². The Kier molecular flexibility index (Phi) is 16.2. The molecule has 0 fully saturated rings. The Morgan fingerprint density at radius 1 is 0.923 bits per heavy atom. The van der Waals surface area contributed by atoms with Gasteiger partial charge in [-0.25, -0.2) is 0 Å². The molecule has 0 aliphatic rings. The summed E-state index contributed by atoms with van der Waals surface area (Å²) in [5, 5.41) is 18.4. The molecule has 2 N–H and O–H groups in total. The van der Waals surface area contributed by atoms with Crippen LogP contribution in [-0.4, -0.2) is 22.3 Å². The molecule has 0 heterocycles. The van der Waals surface area contributed by atoms with Crippen molar-refractivity contribution in [1.82, 2.24) is 0 Å². The second-order valence-electron chi connectivity index (χ2n) is 7.40. The van der Waals surface area contributed by atoms with Gasteiger partial charge in [-0.2, -0.15) is 0 Å². The van der Waals surface area contributed by atoms with Crippen molar-refractivity contribution in [2.45, 2.75) is 91.1 Å². The van der Waals surface area contributed by atoms with Crippen molar-refractivity contribution in [1.29, 1.82) is 0 Å². The average Bonchev–Trinajstić information content (AvgIpc) is 2.59. The molecule has 0 aliphatic carbocycles. The normalized spacial score (nSPS) is 15.8. The molecule has 0 aromatic carbocycles. The SMILES string of the molecule is CCCCCC(O)/C=C/C=C\C/C=C\CCC(C)[C@@H](C)CCCC(=O)O. The Labute approximate surface area is 160 Å². The molecule has 0 bridgehead atoms. The van der Waals surface area contributed by atoms with Crippen LogP contribution >= 0.6 is 0 Å². The van der Waals surface area contributed by atoms with Gasteiger partial charge in [-0.15, -0.1) is 0 Å². The Morgan fingerprint density at radius 3 is 2.35 bits per heavy atom. The first kappa shape index (κ1) is 24.7. The van der Waals surface area contributed by atoms with Crippen LogP contribution in [0.2, 0.25) is 0 Å². The van der Waals surface area contributed by atoms with Crippen LogP contribution in [0.25, 0.3) is 0 Å². The van der Waals surface area contributed by atoms with Crippen molar-refractivity contribution in [2.24, 2.45) is 11.8 Å². The number of allylic oxidation sites excluding steroid dienone is 5. The van der Waals surface area contributed by atoms with E-state index in [2.05, 4.69) is 39.0 Å². The fourth-order valence-corrected chi connectivity index (χ4v) is 2.85. The lowest BCUT2D eigenvalue weighted by molar-refractivity contribution is -0.137. The largest absolute Gasteiger partial charge is 0.481 e. The maximum atomic E-state index is 10.5. The Balaban J connectivity index is 3.74. The van der Waals surface area contributed by atoms with E-state index in [1.807, 2.05) is 18.2 Å². The Bertz CT molecular complexity index is 423. The molecule has 0 radical (unpaired) electrons. The van der Waals surface area contributed by atoms with E-state index in [0.717, 1.165) is 44.9 Å². The number of carboxylic acid groups (broad SMARTS) is 1. The maximum Gasteiger partial charge on any atom is 0.303 e. The highest BCUT2D eigenvalue weighted by Gasteiger charge is 2.11. The zero-order valence-corrected chi connectivity index (χ0v) is 17.1. The van der Waals surface area contributed by atoms with Crippen LogP contribution in [-0.2, 0) is 4.79 Å². The molecule has 0 aromatic heterocycles. The van der Waals surface area contributed by atoms with Gasteiger partial charge >= 0.3 is 5.97 Å². The molecular formula is C23H40O3. The lowest BCUT2D eigenvalue weighted by atomic mass is 9.87. The van der Waals surface area contributed by atoms with Crippen molar-refractivity contribution in [3.8, 4) is 0 Å². The van der Waals surface area contributed by atoms with Crippen molar-refractivity contribution in [3.05, 3.63) is 36.5 Å². The Morgan fingerprint density at radius 2 is 1.65 bits per heavy atom. The zero-order valence-electron chi connectivity index (χ0n) is 17.1. The lowest BCUT2D eigenvalue weighted by Crippen LogP contribution is -2.08. The van der Waals surface area contributed by atoms with Gasteiger partial charge in [-0.3, -0.25) is 4.79 Å². The molecule has 26 heavy (non-hydrogen) atoms. The van der Waals surface area contributed by atoms with Crippen LogP contribution in [0.5, 0.6) is 0 Å². The number of hydrogen-bond acceptors (Lipinski definition) is 2. The maximum absolute atomic E-state index is 10.5. The van der Waals surface area contributed by atoms with Crippen molar-refractivity contribution < 1.29 is 15.0 Å². The van der Waals surface area contributed by atoms with Crippen LogP contribution in [0.15, 0.2) is 36.5 Å². The molecule has 0 rings (SSSR count). The van der Waals surface area contributed by atoms with Gasteiger partial charge in [0.1, 0.15) is 0 Å². The van der Waals surface area contributed by atoms with Gasteiger partial charge in [0.05, 0.1) is 6.10 Å². The first-order valence-corrected chi connectivity index (χ1v) is 10.4. The second-order valence-corrected chi connectivity index (χ2v) is 7.40. The average molecular weight is 365 g/mol. The van der Waals surface area contributed by atoms with Gasteiger partial charge in [0.15, 0.2) is 0 Å². The summed E-state index contributed by atoms with van der Waals surface area (Å²) in [6, 6.07) is 0. The minimum atomic E-state index is -0.693. The Hall–Kier alpha value is -1.35. The van der Waals surface area contributed by atoms with E-state index >= 15 is 0 Å². The number of aliphatic hydroxyl groups is 1. The monoisotopic (exact) mass is 364 g/mol. The third kappa shape index (κ3) is 16.1. The van der Waals surface area contributed by atoms with Gasteiger partial charge in [-0.1, -0.05) is 76.5 Å².